The molecule has 33 heavy (non-hydrogen) atoms. The summed E-state index contributed by atoms with van der Waals surface area (Å²) in [5.74, 6) is -2.37. The van der Waals surface area contributed by atoms with Gasteiger partial charge in [0.1, 0.15) is 17.2 Å². The zero-order valence-electron chi connectivity index (χ0n) is 17.7. The van der Waals surface area contributed by atoms with Crippen LogP contribution >= 0.6 is 12.2 Å². The molecule has 0 radical (unpaired) electrons. The van der Waals surface area contributed by atoms with Gasteiger partial charge in [0.2, 0.25) is 5.95 Å². The minimum absolute atomic E-state index is 0.0339. The number of aliphatic hydroxyl groups is 1. The first-order valence-electron chi connectivity index (χ1n) is 10.8. The fourth-order valence-corrected chi connectivity index (χ4v) is 4.04. The maximum Gasteiger partial charge on any atom is 0.224 e. The Hall–Kier alpha value is -2.70. The zero-order valence-corrected chi connectivity index (χ0v) is 18.5. The molecule has 178 valence electrons. The number of aromatic nitrogens is 2. The number of benzene rings is 1. The van der Waals surface area contributed by atoms with E-state index in [9.17, 15) is 18.3 Å². The summed E-state index contributed by atoms with van der Waals surface area (Å²) in [6.07, 6.45) is 5.10. The van der Waals surface area contributed by atoms with E-state index in [0.717, 1.165) is 32.1 Å². The van der Waals surface area contributed by atoms with Crippen LogP contribution in [0.15, 0.2) is 18.3 Å². The molecular weight excluding hydrogens is 457 g/mol. The van der Waals surface area contributed by atoms with Crippen molar-refractivity contribution in [2.75, 3.05) is 34.5 Å². The number of anilines is 4. The van der Waals surface area contributed by atoms with Gasteiger partial charge in [-0.2, -0.15) is 4.98 Å². The third-order valence-electron chi connectivity index (χ3n) is 5.58. The van der Waals surface area contributed by atoms with Crippen LogP contribution in [0.3, 0.4) is 0 Å². The fourth-order valence-electron chi connectivity index (χ4n) is 3.83. The molecule has 1 aliphatic heterocycles. The molecular formula is C21H25F3N6O2S. The second kappa shape index (κ2) is 10.5. The summed E-state index contributed by atoms with van der Waals surface area (Å²) in [7, 11) is 0. The lowest BCUT2D eigenvalue weighted by atomic mass is 9.93. The van der Waals surface area contributed by atoms with Crippen LogP contribution in [-0.4, -0.2) is 51.6 Å². The topological polar surface area (TPSA) is 103 Å². The van der Waals surface area contributed by atoms with Gasteiger partial charge in [-0.1, -0.05) is 0 Å². The summed E-state index contributed by atoms with van der Waals surface area (Å²) >= 11 is 5.19. The zero-order chi connectivity index (χ0) is 23.4. The molecule has 0 bridgehead atoms. The van der Waals surface area contributed by atoms with Crippen LogP contribution < -0.4 is 21.3 Å². The Balaban J connectivity index is 1.49. The van der Waals surface area contributed by atoms with Gasteiger partial charge < -0.3 is 31.1 Å². The SMILES string of the molecule is OC1CCC(Nc2ncc(NC(=S)Nc3c(F)cc(F)cc3F)c(NC3CCOC3)n2)CC1. The minimum Gasteiger partial charge on any atom is -0.393 e. The maximum atomic E-state index is 14.0. The first-order chi connectivity index (χ1) is 15.9. The van der Waals surface area contributed by atoms with Gasteiger partial charge in [0, 0.05) is 24.8 Å². The molecule has 8 nitrogen and oxygen atoms in total. The molecule has 4 rings (SSSR count). The summed E-state index contributed by atoms with van der Waals surface area (Å²) in [5.41, 5.74) is -0.168. The lowest BCUT2D eigenvalue weighted by molar-refractivity contribution is 0.126. The standard InChI is InChI=1S/C21H25F3N6O2S/c22-11-7-15(23)18(16(24)8-11)29-21(33)28-17-9-25-20(27-12-1-3-14(31)4-2-12)30-19(17)26-13-5-6-32-10-13/h7-9,12-14,31H,1-6,10H2,(H2,28,29,33)(H2,25,26,27,30). The van der Waals surface area contributed by atoms with E-state index >= 15 is 0 Å². The average molecular weight is 483 g/mol. The van der Waals surface area contributed by atoms with Crippen LogP contribution in [0.4, 0.5) is 36.3 Å². The van der Waals surface area contributed by atoms with Crippen LogP contribution in [0.5, 0.6) is 0 Å². The number of nitrogens with one attached hydrogen (secondary N) is 4. The average Bonchev–Trinajstić information content (AvgIpc) is 3.27. The van der Waals surface area contributed by atoms with Crippen molar-refractivity contribution < 1.29 is 23.0 Å². The molecule has 0 amide bonds. The van der Waals surface area contributed by atoms with E-state index in [2.05, 4.69) is 31.2 Å². The third kappa shape index (κ3) is 6.21. The number of hydrogen-bond donors (Lipinski definition) is 5. The second-order valence-corrected chi connectivity index (χ2v) is 8.54. The van der Waals surface area contributed by atoms with Gasteiger partial charge in [0.15, 0.2) is 22.6 Å². The molecule has 5 N–H and O–H groups in total. The highest BCUT2D eigenvalue weighted by molar-refractivity contribution is 7.80. The van der Waals surface area contributed by atoms with Crippen molar-refractivity contribution in [2.24, 2.45) is 0 Å². The van der Waals surface area contributed by atoms with Crippen LogP contribution in [-0.2, 0) is 4.74 Å². The first kappa shape index (κ1) is 23.5. The lowest BCUT2D eigenvalue weighted by Crippen LogP contribution is -2.29. The predicted octanol–water partition coefficient (Wildman–Crippen LogP) is 3.62. The number of thiocarbonyl (C=S) groups is 1. The normalized spacial score (nSPS) is 22.6. The van der Waals surface area contributed by atoms with Crippen molar-refractivity contribution in [3.8, 4) is 0 Å². The van der Waals surface area contributed by atoms with E-state index in [4.69, 9.17) is 17.0 Å². The van der Waals surface area contributed by atoms with Crippen molar-refractivity contribution in [1.29, 1.82) is 0 Å². The molecule has 12 heteroatoms. The Kier molecular flexibility index (Phi) is 7.46. The highest BCUT2D eigenvalue weighted by atomic mass is 32.1. The summed E-state index contributed by atoms with van der Waals surface area (Å²) < 4.78 is 46.5. The van der Waals surface area contributed by atoms with Gasteiger partial charge in [-0.3, -0.25) is 0 Å². The Morgan fingerprint density at radius 1 is 1.00 bits per heavy atom. The number of nitrogens with zero attached hydrogens (tertiary/aromatic N) is 2. The molecule has 1 saturated carbocycles. The molecule has 1 saturated heterocycles. The molecule has 1 aliphatic carbocycles. The highest BCUT2D eigenvalue weighted by Gasteiger charge is 2.22. The second-order valence-electron chi connectivity index (χ2n) is 8.13. The number of halogens is 3. The van der Waals surface area contributed by atoms with Gasteiger partial charge in [-0.05, 0) is 44.3 Å². The third-order valence-corrected chi connectivity index (χ3v) is 5.79. The number of hydrogen-bond acceptors (Lipinski definition) is 7. The molecule has 1 unspecified atom stereocenters. The fraction of sp³-hybridized carbons (Fsp3) is 0.476. The van der Waals surface area contributed by atoms with Crippen LogP contribution in [0.1, 0.15) is 32.1 Å². The van der Waals surface area contributed by atoms with Gasteiger partial charge >= 0.3 is 0 Å². The predicted molar refractivity (Wildman–Crippen MR) is 123 cm³/mol. The molecule has 2 aliphatic rings. The Bertz CT molecular complexity index is 977. The molecule has 0 spiro atoms. The van der Waals surface area contributed by atoms with Crippen molar-refractivity contribution >= 4 is 40.5 Å². The van der Waals surface area contributed by atoms with E-state index in [1.165, 1.54) is 6.20 Å². The van der Waals surface area contributed by atoms with Crippen molar-refractivity contribution in [3.63, 3.8) is 0 Å². The molecule has 2 aromatic rings. The Labute approximate surface area is 194 Å². The molecule has 2 heterocycles. The van der Waals surface area contributed by atoms with Gasteiger partial charge in [-0.25, -0.2) is 18.2 Å². The van der Waals surface area contributed by atoms with Crippen molar-refractivity contribution in [2.45, 2.75) is 50.3 Å². The van der Waals surface area contributed by atoms with E-state index in [1.54, 1.807) is 0 Å². The monoisotopic (exact) mass is 482 g/mol. The molecule has 1 atom stereocenters. The summed E-state index contributed by atoms with van der Waals surface area (Å²) in [6, 6.07) is 1.32. The van der Waals surface area contributed by atoms with E-state index in [1.807, 2.05) is 0 Å². The first-order valence-corrected chi connectivity index (χ1v) is 11.2. The lowest BCUT2D eigenvalue weighted by Gasteiger charge is -2.26. The summed E-state index contributed by atoms with van der Waals surface area (Å²) in [5, 5.41) is 21.4. The number of rotatable bonds is 6. The number of aliphatic hydroxyl groups excluding tert-OH is 1. The number of ether oxygens (including phenoxy) is 1. The highest BCUT2D eigenvalue weighted by Crippen LogP contribution is 2.26. The smallest absolute Gasteiger partial charge is 0.224 e. The maximum absolute atomic E-state index is 14.0. The van der Waals surface area contributed by atoms with Gasteiger partial charge in [0.25, 0.3) is 0 Å². The van der Waals surface area contributed by atoms with Crippen LogP contribution in [0.25, 0.3) is 0 Å². The molecule has 1 aromatic carbocycles. The Morgan fingerprint density at radius 2 is 1.73 bits per heavy atom. The largest absolute Gasteiger partial charge is 0.393 e. The molecule has 1 aromatic heterocycles. The minimum atomic E-state index is -1.11. The van der Waals surface area contributed by atoms with E-state index < -0.39 is 23.1 Å². The van der Waals surface area contributed by atoms with E-state index in [0.29, 0.717) is 42.8 Å². The van der Waals surface area contributed by atoms with Crippen LogP contribution in [0.2, 0.25) is 0 Å². The van der Waals surface area contributed by atoms with E-state index in [-0.39, 0.29) is 23.3 Å². The summed E-state index contributed by atoms with van der Waals surface area (Å²) in [6.45, 7) is 1.14. The van der Waals surface area contributed by atoms with Crippen molar-refractivity contribution in [1.82, 2.24) is 9.97 Å². The Morgan fingerprint density at radius 3 is 2.39 bits per heavy atom. The van der Waals surface area contributed by atoms with Crippen molar-refractivity contribution in [3.05, 3.63) is 35.8 Å². The quantitative estimate of drug-likeness (QED) is 0.395. The summed E-state index contributed by atoms with van der Waals surface area (Å²) in [4.78, 5) is 8.89. The van der Waals surface area contributed by atoms with Gasteiger partial charge in [-0.15, -0.1) is 0 Å². The van der Waals surface area contributed by atoms with Crippen LogP contribution in [0, 0.1) is 17.5 Å². The van der Waals surface area contributed by atoms with Gasteiger partial charge in [0.05, 0.1) is 24.9 Å². The molecule has 2 fully saturated rings.